The van der Waals surface area contributed by atoms with Gasteiger partial charge in [0.2, 0.25) is 0 Å². The molecule has 0 aromatic rings. The number of hydrogen-bond acceptors (Lipinski definition) is 2. The van der Waals surface area contributed by atoms with Gasteiger partial charge < -0.3 is 9.53 Å². The lowest BCUT2D eigenvalue weighted by Gasteiger charge is -2.36. The molecule has 2 aliphatic rings. The van der Waals surface area contributed by atoms with Crippen LogP contribution in [-0.4, -0.2) is 13.4 Å². The maximum Gasteiger partial charge on any atom is 0.123 e. The molecule has 0 unspecified atom stereocenters. The number of ether oxygens (including phenoxy) is 1. The average Bonchev–Trinajstić information content (AvgIpc) is 2.76. The third-order valence-corrected chi connectivity index (χ3v) is 6.45. The van der Waals surface area contributed by atoms with E-state index >= 15 is 0 Å². The third-order valence-electron chi connectivity index (χ3n) is 6.45. The monoisotopic (exact) mass is 410 g/mol. The molecular formula is C28H42O2. The van der Waals surface area contributed by atoms with E-state index in [9.17, 15) is 4.79 Å². The van der Waals surface area contributed by atoms with Crippen LogP contribution in [-0.2, 0) is 9.53 Å². The second-order valence-electron chi connectivity index (χ2n) is 9.06. The van der Waals surface area contributed by atoms with Crippen molar-refractivity contribution in [3.8, 4) is 0 Å². The minimum Gasteiger partial charge on any atom is -0.497 e. The van der Waals surface area contributed by atoms with Gasteiger partial charge in [-0.1, -0.05) is 69.9 Å². The predicted octanol–water partition coefficient (Wildman–Crippen LogP) is 7.77. The quantitative estimate of drug-likeness (QED) is 0.232. The highest BCUT2D eigenvalue weighted by Crippen LogP contribution is 2.40. The zero-order chi connectivity index (χ0) is 22.5. The number of rotatable bonds is 8. The van der Waals surface area contributed by atoms with E-state index in [-0.39, 0.29) is 0 Å². The molecule has 2 fully saturated rings. The molecule has 0 spiro atoms. The highest BCUT2D eigenvalue weighted by Gasteiger charge is 2.29. The maximum absolute atomic E-state index is 10.7. The summed E-state index contributed by atoms with van der Waals surface area (Å²) in [7, 11) is 1.57. The SMILES string of the molecule is C=C(C)/C=C\C(=C)C(=C)/C=C\C(=C)OC.CC1CCC(C2CCC(C=O)CC2)CC1. The highest BCUT2D eigenvalue weighted by atomic mass is 16.5. The number of carbonyl (C=O) groups is 1. The van der Waals surface area contributed by atoms with Gasteiger partial charge in [-0.3, -0.25) is 0 Å². The van der Waals surface area contributed by atoms with Gasteiger partial charge in [-0.05, 0) is 80.4 Å². The Morgan fingerprint density at radius 1 is 0.767 bits per heavy atom. The number of aldehydes is 1. The van der Waals surface area contributed by atoms with Crippen LogP contribution in [0.4, 0.5) is 0 Å². The molecule has 0 aromatic heterocycles. The van der Waals surface area contributed by atoms with Crippen LogP contribution in [0.2, 0.25) is 0 Å². The first-order valence-electron chi connectivity index (χ1n) is 11.3. The molecule has 0 atom stereocenters. The molecule has 2 heteroatoms. The van der Waals surface area contributed by atoms with Gasteiger partial charge in [0.25, 0.3) is 0 Å². The summed E-state index contributed by atoms with van der Waals surface area (Å²) in [4.78, 5) is 10.7. The molecule has 0 aliphatic heterocycles. The van der Waals surface area contributed by atoms with Gasteiger partial charge in [0.05, 0.1) is 7.11 Å². The van der Waals surface area contributed by atoms with E-state index in [2.05, 4.69) is 33.2 Å². The van der Waals surface area contributed by atoms with Crippen LogP contribution < -0.4 is 0 Å². The first-order valence-corrected chi connectivity index (χ1v) is 11.3. The van der Waals surface area contributed by atoms with Crippen molar-refractivity contribution in [3.63, 3.8) is 0 Å². The molecule has 0 heterocycles. The lowest BCUT2D eigenvalue weighted by atomic mass is 9.70. The van der Waals surface area contributed by atoms with E-state index in [1.54, 1.807) is 13.2 Å². The van der Waals surface area contributed by atoms with E-state index in [4.69, 9.17) is 4.74 Å². The molecular weight excluding hydrogens is 368 g/mol. The molecule has 2 nitrogen and oxygen atoms in total. The Balaban J connectivity index is 0.000000300. The molecule has 0 amide bonds. The van der Waals surface area contributed by atoms with Crippen molar-refractivity contribution in [1.82, 2.24) is 0 Å². The first kappa shape index (κ1) is 25.9. The molecule has 30 heavy (non-hydrogen) atoms. The standard InChI is InChI=1S/C14H24O.C14H18O/c1-11-2-6-13(7-3-11)14-8-4-12(10-15)5-9-14;1-11(2)7-8-12(3)13(4)9-10-14(5)15-6/h10-14H,2-9H2,1H3;7-10H,1,3-5H2,2,6H3/b;8-7-,10-9-. The second-order valence-corrected chi connectivity index (χ2v) is 9.06. The molecule has 0 saturated heterocycles. The van der Waals surface area contributed by atoms with Crippen molar-refractivity contribution >= 4 is 6.29 Å². The fraction of sp³-hybridized carbons (Fsp3) is 0.536. The summed E-state index contributed by atoms with van der Waals surface area (Å²) >= 11 is 0. The van der Waals surface area contributed by atoms with Crippen LogP contribution in [0.5, 0.6) is 0 Å². The molecule has 166 valence electrons. The molecule has 2 rings (SSSR count). The third kappa shape index (κ3) is 10.1. The van der Waals surface area contributed by atoms with Crippen LogP contribution in [0.1, 0.15) is 65.2 Å². The maximum atomic E-state index is 10.7. The Labute approximate surface area is 185 Å². The predicted molar refractivity (Wildman–Crippen MR) is 130 cm³/mol. The lowest BCUT2D eigenvalue weighted by molar-refractivity contribution is -0.112. The van der Waals surface area contributed by atoms with Crippen molar-refractivity contribution in [3.05, 3.63) is 73.1 Å². The van der Waals surface area contributed by atoms with Crippen LogP contribution in [0, 0.1) is 23.7 Å². The summed E-state index contributed by atoms with van der Waals surface area (Å²) in [6.45, 7) is 19.5. The lowest BCUT2D eigenvalue weighted by Crippen LogP contribution is -2.25. The van der Waals surface area contributed by atoms with Crippen molar-refractivity contribution in [2.75, 3.05) is 7.11 Å². The topological polar surface area (TPSA) is 26.3 Å². The van der Waals surface area contributed by atoms with Crippen molar-refractivity contribution in [1.29, 1.82) is 0 Å². The van der Waals surface area contributed by atoms with Gasteiger partial charge in [-0.25, -0.2) is 0 Å². The van der Waals surface area contributed by atoms with Gasteiger partial charge in [-0.2, -0.15) is 0 Å². The fourth-order valence-corrected chi connectivity index (χ4v) is 4.23. The zero-order valence-electron chi connectivity index (χ0n) is 19.5. The van der Waals surface area contributed by atoms with E-state index < -0.39 is 0 Å². The summed E-state index contributed by atoms with van der Waals surface area (Å²) in [6.07, 6.45) is 19.3. The molecule has 0 radical (unpaired) electrons. The van der Waals surface area contributed by atoms with Crippen LogP contribution >= 0.6 is 0 Å². The van der Waals surface area contributed by atoms with Gasteiger partial charge in [0.1, 0.15) is 12.0 Å². The number of allylic oxidation sites excluding steroid dienone is 7. The largest absolute Gasteiger partial charge is 0.497 e. The summed E-state index contributed by atoms with van der Waals surface area (Å²) in [6, 6.07) is 0. The number of hydrogen-bond donors (Lipinski definition) is 0. The molecule has 2 saturated carbocycles. The van der Waals surface area contributed by atoms with Gasteiger partial charge in [0, 0.05) is 5.92 Å². The van der Waals surface area contributed by atoms with E-state index in [1.807, 2.05) is 25.2 Å². The Kier molecular flexibility index (Phi) is 12.1. The first-order chi connectivity index (χ1) is 14.3. The summed E-state index contributed by atoms with van der Waals surface area (Å²) in [5.41, 5.74) is 2.65. The summed E-state index contributed by atoms with van der Waals surface area (Å²) < 4.78 is 4.89. The van der Waals surface area contributed by atoms with Gasteiger partial charge in [-0.15, -0.1) is 0 Å². The van der Waals surface area contributed by atoms with E-state index in [1.165, 1.54) is 57.7 Å². The van der Waals surface area contributed by atoms with Crippen LogP contribution in [0.15, 0.2) is 73.1 Å². The minimum atomic E-state index is 0.392. The van der Waals surface area contributed by atoms with Crippen molar-refractivity contribution in [2.24, 2.45) is 23.7 Å². The van der Waals surface area contributed by atoms with E-state index in [0.29, 0.717) is 11.7 Å². The molecule has 0 bridgehead atoms. The van der Waals surface area contributed by atoms with Crippen LogP contribution in [0.3, 0.4) is 0 Å². The minimum absolute atomic E-state index is 0.392. The summed E-state index contributed by atoms with van der Waals surface area (Å²) in [5.74, 6) is 3.90. The Bertz CT molecular complexity index is 648. The number of carbonyl (C=O) groups excluding carboxylic acids is 1. The number of methoxy groups -OCH3 is 1. The Morgan fingerprint density at radius 3 is 1.67 bits per heavy atom. The van der Waals surface area contributed by atoms with Gasteiger partial charge in [0.15, 0.2) is 0 Å². The van der Waals surface area contributed by atoms with Crippen molar-refractivity contribution in [2.45, 2.75) is 65.2 Å². The zero-order valence-corrected chi connectivity index (χ0v) is 19.5. The smallest absolute Gasteiger partial charge is 0.123 e. The Morgan fingerprint density at radius 2 is 1.23 bits per heavy atom. The van der Waals surface area contributed by atoms with Crippen LogP contribution in [0.25, 0.3) is 0 Å². The molecule has 0 N–H and O–H groups in total. The second kappa shape index (κ2) is 14.0. The van der Waals surface area contributed by atoms with Gasteiger partial charge >= 0.3 is 0 Å². The highest BCUT2D eigenvalue weighted by molar-refractivity contribution is 5.53. The van der Waals surface area contributed by atoms with Crippen molar-refractivity contribution < 1.29 is 9.53 Å². The summed E-state index contributed by atoms with van der Waals surface area (Å²) in [5, 5.41) is 0. The molecule has 2 aliphatic carbocycles. The normalized spacial score (nSPS) is 26.5. The molecule has 0 aromatic carbocycles. The van der Waals surface area contributed by atoms with E-state index in [0.717, 1.165) is 34.5 Å². The fourth-order valence-electron chi connectivity index (χ4n) is 4.23. The average molecular weight is 411 g/mol. The Hall–Kier alpha value is -2.09.